The van der Waals surface area contributed by atoms with E-state index >= 15 is 0 Å². The lowest BCUT2D eigenvalue weighted by atomic mass is 9.93. The highest BCUT2D eigenvalue weighted by molar-refractivity contribution is 5.60. The molecule has 0 spiro atoms. The Morgan fingerprint density at radius 3 is 2.38 bits per heavy atom. The predicted octanol–water partition coefficient (Wildman–Crippen LogP) is -0.491. The molecule has 0 aliphatic carbocycles. The first-order valence-corrected chi connectivity index (χ1v) is 7.78. The van der Waals surface area contributed by atoms with Gasteiger partial charge in [-0.05, 0) is 6.07 Å². The Kier molecular flexibility index (Phi) is 4.22. The van der Waals surface area contributed by atoms with E-state index < -0.39 is 0 Å². The molecule has 3 rings (SSSR count). The van der Waals surface area contributed by atoms with E-state index in [2.05, 4.69) is 11.4 Å². The Bertz CT molecular complexity index is 513. The summed E-state index contributed by atoms with van der Waals surface area (Å²) in [5, 5.41) is 2.39. The molecule has 0 saturated carbocycles. The van der Waals surface area contributed by atoms with Gasteiger partial charge in [-0.2, -0.15) is 0 Å². The first kappa shape index (κ1) is 14.5. The Morgan fingerprint density at radius 2 is 1.76 bits per heavy atom. The molecule has 0 aromatic heterocycles. The lowest BCUT2D eigenvalue weighted by Crippen LogP contribution is -3.13. The average Bonchev–Trinajstić information content (AvgIpc) is 3.06. The summed E-state index contributed by atoms with van der Waals surface area (Å²) in [6, 6.07) is 2.61. The average molecular weight is 294 g/mol. The summed E-state index contributed by atoms with van der Waals surface area (Å²) in [6.45, 7) is 4.62. The Labute approximate surface area is 126 Å². The smallest absolute Gasteiger partial charge is 0.203 e. The van der Waals surface area contributed by atoms with E-state index in [9.17, 15) is 0 Å². The zero-order chi connectivity index (χ0) is 14.8. The molecule has 3 N–H and O–H groups in total. The number of rotatable bonds is 4. The van der Waals surface area contributed by atoms with Crippen LogP contribution >= 0.6 is 0 Å². The molecule has 0 amide bonds. The van der Waals surface area contributed by atoms with Gasteiger partial charge in [0.2, 0.25) is 5.75 Å². The first-order valence-electron chi connectivity index (χ1n) is 7.78. The largest absolute Gasteiger partial charge is 0.493 e. The predicted molar refractivity (Wildman–Crippen MR) is 79.3 cm³/mol. The summed E-state index contributed by atoms with van der Waals surface area (Å²) >= 11 is 0. The van der Waals surface area contributed by atoms with Crippen molar-refractivity contribution in [2.75, 3.05) is 41.0 Å². The summed E-state index contributed by atoms with van der Waals surface area (Å²) in [7, 11) is 5.09. The summed E-state index contributed by atoms with van der Waals surface area (Å²) in [5.74, 6) is 2.35. The zero-order valence-electron chi connectivity index (χ0n) is 13.2. The van der Waals surface area contributed by atoms with Crippen molar-refractivity contribution in [3.63, 3.8) is 0 Å². The van der Waals surface area contributed by atoms with Gasteiger partial charge in [0.15, 0.2) is 17.5 Å². The summed E-state index contributed by atoms with van der Waals surface area (Å²) in [5.41, 5.74) is 2.65. The molecule has 0 unspecified atom stereocenters. The number of hydrogen-bond donors (Lipinski definition) is 2. The lowest BCUT2D eigenvalue weighted by molar-refractivity contribution is -0.937. The van der Waals surface area contributed by atoms with Crippen LogP contribution in [0.15, 0.2) is 6.07 Å². The number of nitrogens with one attached hydrogen (secondary N) is 1. The van der Waals surface area contributed by atoms with Crippen molar-refractivity contribution in [1.29, 1.82) is 0 Å². The number of fused-ring (bicyclic) bond motifs is 1. The van der Waals surface area contributed by atoms with E-state index in [0.717, 1.165) is 30.3 Å². The fourth-order valence-corrected chi connectivity index (χ4v) is 3.85. The summed E-state index contributed by atoms with van der Waals surface area (Å²) in [4.78, 5) is 1.68. The third kappa shape index (κ3) is 2.45. The van der Waals surface area contributed by atoms with E-state index in [4.69, 9.17) is 14.2 Å². The van der Waals surface area contributed by atoms with E-state index in [1.54, 1.807) is 26.2 Å². The molecular weight excluding hydrogens is 268 g/mol. The van der Waals surface area contributed by atoms with Crippen LogP contribution in [-0.2, 0) is 6.54 Å². The maximum atomic E-state index is 5.73. The van der Waals surface area contributed by atoms with Crippen molar-refractivity contribution < 1.29 is 24.4 Å². The van der Waals surface area contributed by atoms with Crippen molar-refractivity contribution in [3.05, 3.63) is 17.2 Å². The van der Waals surface area contributed by atoms with Crippen LogP contribution < -0.4 is 24.4 Å². The molecule has 1 aromatic carbocycles. The molecule has 1 saturated heterocycles. The van der Waals surface area contributed by atoms with Gasteiger partial charge in [0.05, 0.1) is 40.0 Å². The minimum absolute atomic E-state index is 0.492. The van der Waals surface area contributed by atoms with Gasteiger partial charge in [0, 0.05) is 18.4 Å². The molecule has 1 fully saturated rings. The van der Waals surface area contributed by atoms with Crippen LogP contribution in [0.3, 0.4) is 0 Å². The number of hydrogen-bond acceptors (Lipinski definition) is 3. The van der Waals surface area contributed by atoms with E-state index in [1.165, 1.54) is 37.1 Å². The standard InChI is InChI=1S/C16H24N2O3/c1-19-13-8-11-9-17-10-12(18-6-4-5-7-18)14(11)16(21-3)15(13)20-2/h8,12,17H,4-7,9-10H2,1-3H3/p+2/t12-/m1/s1. The van der Waals surface area contributed by atoms with E-state index in [1.807, 2.05) is 0 Å². The Morgan fingerprint density at radius 1 is 1.05 bits per heavy atom. The minimum Gasteiger partial charge on any atom is -0.493 e. The van der Waals surface area contributed by atoms with Crippen LogP contribution in [0.4, 0.5) is 0 Å². The van der Waals surface area contributed by atoms with E-state index in [-0.39, 0.29) is 0 Å². The minimum atomic E-state index is 0.492. The van der Waals surface area contributed by atoms with Crippen LogP contribution in [0.5, 0.6) is 17.2 Å². The summed E-state index contributed by atoms with van der Waals surface area (Å²) in [6.07, 6.45) is 2.66. The second kappa shape index (κ2) is 6.12. The molecule has 2 aliphatic heterocycles. The molecule has 5 nitrogen and oxygen atoms in total. The molecule has 2 heterocycles. The maximum absolute atomic E-state index is 5.73. The lowest BCUT2D eigenvalue weighted by Gasteiger charge is -2.31. The van der Waals surface area contributed by atoms with Gasteiger partial charge in [-0.1, -0.05) is 0 Å². The molecule has 0 radical (unpaired) electrons. The van der Waals surface area contributed by atoms with E-state index in [0.29, 0.717) is 6.04 Å². The Balaban J connectivity index is 2.11. The molecule has 116 valence electrons. The molecular formula is C16H26N2O3+2. The highest BCUT2D eigenvalue weighted by Gasteiger charge is 2.38. The van der Waals surface area contributed by atoms with Gasteiger partial charge in [-0.3, -0.25) is 0 Å². The van der Waals surface area contributed by atoms with Crippen molar-refractivity contribution >= 4 is 0 Å². The van der Waals surface area contributed by atoms with Crippen LogP contribution in [-0.4, -0.2) is 41.0 Å². The van der Waals surface area contributed by atoms with Gasteiger partial charge in [-0.25, -0.2) is 0 Å². The first-order chi connectivity index (χ1) is 10.3. The quantitative estimate of drug-likeness (QED) is 0.788. The van der Waals surface area contributed by atoms with Crippen molar-refractivity contribution in [2.45, 2.75) is 25.4 Å². The van der Waals surface area contributed by atoms with Crippen LogP contribution in [0.25, 0.3) is 0 Å². The van der Waals surface area contributed by atoms with Crippen LogP contribution in [0, 0.1) is 0 Å². The van der Waals surface area contributed by atoms with Gasteiger partial charge < -0.3 is 24.4 Å². The number of benzene rings is 1. The molecule has 0 bridgehead atoms. The Hall–Kier alpha value is -1.46. The van der Waals surface area contributed by atoms with Gasteiger partial charge >= 0.3 is 0 Å². The van der Waals surface area contributed by atoms with Crippen molar-refractivity contribution in [2.24, 2.45) is 0 Å². The number of quaternary nitrogens is 2. The van der Waals surface area contributed by atoms with Crippen molar-refractivity contribution in [1.82, 2.24) is 0 Å². The molecule has 5 heteroatoms. The highest BCUT2D eigenvalue weighted by atomic mass is 16.5. The second-order valence-corrected chi connectivity index (χ2v) is 5.86. The van der Waals surface area contributed by atoms with Crippen molar-refractivity contribution in [3.8, 4) is 17.2 Å². The molecule has 1 atom stereocenters. The summed E-state index contributed by atoms with van der Waals surface area (Å²) < 4.78 is 16.8. The SMILES string of the molecule is COc1cc2c(c(OC)c1OC)[C@H]([NH+]1CCCC1)C[NH2+]C2. The monoisotopic (exact) mass is 294 g/mol. The fourth-order valence-electron chi connectivity index (χ4n) is 3.85. The topological polar surface area (TPSA) is 48.7 Å². The maximum Gasteiger partial charge on any atom is 0.203 e. The molecule has 2 aliphatic rings. The number of methoxy groups -OCH3 is 3. The number of likely N-dealkylation sites (tertiary alicyclic amines) is 1. The number of nitrogens with two attached hydrogens (primary N) is 1. The normalized spacial score (nSPS) is 22.0. The number of ether oxygens (including phenoxy) is 3. The van der Waals surface area contributed by atoms with Gasteiger partial charge in [-0.15, -0.1) is 0 Å². The van der Waals surface area contributed by atoms with Crippen LogP contribution in [0.1, 0.15) is 30.0 Å². The second-order valence-electron chi connectivity index (χ2n) is 5.86. The van der Waals surface area contributed by atoms with Gasteiger partial charge in [0.25, 0.3) is 0 Å². The third-order valence-electron chi connectivity index (χ3n) is 4.81. The molecule has 1 aromatic rings. The van der Waals surface area contributed by atoms with Gasteiger partial charge in [0.1, 0.15) is 13.1 Å². The van der Waals surface area contributed by atoms with Crippen LogP contribution in [0.2, 0.25) is 0 Å². The molecule has 21 heavy (non-hydrogen) atoms. The highest BCUT2D eigenvalue weighted by Crippen LogP contribution is 2.44. The fraction of sp³-hybridized carbons (Fsp3) is 0.625. The third-order valence-corrected chi connectivity index (χ3v) is 4.81. The zero-order valence-corrected chi connectivity index (χ0v) is 13.2.